The molecule has 0 aromatic rings. The second-order valence-electron chi connectivity index (χ2n) is 7.52. The number of hydrogen-bond donors (Lipinski definition) is 2. The van der Waals surface area contributed by atoms with Crippen LogP contribution in [0, 0.1) is 16.7 Å². The molecule has 2 rings (SSSR count). The van der Waals surface area contributed by atoms with Crippen LogP contribution in [0.1, 0.15) is 59.8 Å². The molecule has 3 nitrogen and oxygen atoms in total. The van der Waals surface area contributed by atoms with Crippen LogP contribution < -0.4 is 11.1 Å². The van der Waals surface area contributed by atoms with Crippen molar-refractivity contribution in [3.63, 3.8) is 0 Å². The molecule has 0 bridgehead atoms. The number of carbonyl (C=O) groups is 1. The monoisotopic (exact) mass is 288 g/mol. The number of amides is 1. The van der Waals surface area contributed by atoms with Gasteiger partial charge in [-0.25, -0.2) is 0 Å². The summed E-state index contributed by atoms with van der Waals surface area (Å²) in [4.78, 5) is 12.3. The minimum atomic E-state index is -0.156. The minimum absolute atomic E-state index is 0. The van der Waals surface area contributed by atoms with Crippen LogP contribution in [-0.2, 0) is 4.79 Å². The number of rotatable bonds is 3. The lowest BCUT2D eigenvalue weighted by Gasteiger charge is -2.33. The molecule has 0 aromatic heterocycles. The van der Waals surface area contributed by atoms with Gasteiger partial charge in [-0.1, -0.05) is 47.0 Å². The summed E-state index contributed by atoms with van der Waals surface area (Å²) < 4.78 is 0. The average molecular weight is 289 g/mol. The molecular formula is C15H29ClN2O. The smallest absolute Gasteiger partial charge is 0.224 e. The molecule has 0 heterocycles. The first kappa shape index (κ1) is 16.8. The fourth-order valence-corrected chi connectivity index (χ4v) is 3.65. The molecule has 2 aliphatic carbocycles. The summed E-state index contributed by atoms with van der Waals surface area (Å²) in [5, 5.41) is 3.10. The van der Waals surface area contributed by atoms with Gasteiger partial charge in [0.1, 0.15) is 0 Å². The maximum Gasteiger partial charge on any atom is 0.224 e. The fraction of sp³-hybridized carbons (Fsp3) is 0.933. The van der Waals surface area contributed by atoms with Gasteiger partial charge in [0, 0.05) is 18.0 Å². The average Bonchev–Trinajstić information content (AvgIpc) is 2.68. The van der Waals surface area contributed by atoms with Gasteiger partial charge in [0.05, 0.1) is 0 Å². The Hall–Kier alpha value is -0.280. The van der Waals surface area contributed by atoms with E-state index < -0.39 is 0 Å². The van der Waals surface area contributed by atoms with Gasteiger partial charge in [-0.2, -0.15) is 0 Å². The molecule has 0 saturated heterocycles. The van der Waals surface area contributed by atoms with Crippen molar-refractivity contribution in [2.24, 2.45) is 22.5 Å². The molecule has 4 heteroatoms. The van der Waals surface area contributed by atoms with Crippen molar-refractivity contribution in [1.82, 2.24) is 5.32 Å². The summed E-state index contributed by atoms with van der Waals surface area (Å²) >= 11 is 0. The van der Waals surface area contributed by atoms with E-state index in [1.165, 1.54) is 19.3 Å². The van der Waals surface area contributed by atoms with Crippen molar-refractivity contribution in [2.45, 2.75) is 65.3 Å². The van der Waals surface area contributed by atoms with Crippen LogP contribution in [0.15, 0.2) is 0 Å². The third-order valence-corrected chi connectivity index (χ3v) is 5.75. The van der Waals surface area contributed by atoms with Crippen LogP contribution in [-0.4, -0.2) is 18.0 Å². The van der Waals surface area contributed by atoms with Gasteiger partial charge in [0.25, 0.3) is 0 Å². The van der Waals surface area contributed by atoms with E-state index in [4.69, 9.17) is 5.73 Å². The summed E-state index contributed by atoms with van der Waals surface area (Å²) in [6.07, 6.45) is 5.78. The highest BCUT2D eigenvalue weighted by Gasteiger charge is 2.68. The Morgan fingerprint density at radius 2 is 1.58 bits per heavy atom. The summed E-state index contributed by atoms with van der Waals surface area (Å²) in [6, 6.07) is 0. The van der Waals surface area contributed by atoms with Gasteiger partial charge in [0.15, 0.2) is 0 Å². The molecular weight excluding hydrogens is 260 g/mol. The molecule has 2 aliphatic rings. The van der Waals surface area contributed by atoms with E-state index in [1.807, 2.05) is 0 Å². The predicted molar refractivity (Wildman–Crippen MR) is 81.3 cm³/mol. The molecule has 2 saturated carbocycles. The topological polar surface area (TPSA) is 55.1 Å². The Kier molecular flexibility index (Phi) is 4.63. The standard InChI is InChI=1S/C15H28N2O.ClH/c1-13(2)11(14(13,3)4)12(18)17-10-15(16)8-6-5-7-9-15;/h11H,5-10,16H2,1-4H3,(H,17,18);1H. The van der Waals surface area contributed by atoms with Crippen LogP contribution >= 0.6 is 12.4 Å². The van der Waals surface area contributed by atoms with Crippen LogP contribution in [0.5, 0.6) is 0 Å². The van der Waals surface area contributed by atoms with Crippen molar-refractivity contribution < 1.29 is 4.79 Å². The molecule has 19 heavy (non-hydrogen) atoms. The quantitative estimate of drug-likeness (QED) is 0.839. The fourth-order valence-electron chi connectivity index (χ4n) is 3.65. The van der Waals surface area contributed by atoms with Gasteiger partial charge in [-0.3, -0.25) is 4.79 Å². The molecule has 0 radical (unpaired) electrons. The Balaban J connectivity index is 0.00000180. The van der Waals surface area contributed by atoms with Crippen LogP contribution in [0.3, 0.4) is 0 Å². The summed E-state index contributed by atoms with van der Waals surface area (Å²) in [6.45, 7) is 9.35. The SMILES string of the molecule is CC1(C)C(C(=O)NCC2(N)CCCCC2)C1(C)C.Cl. The Morgan fingerprint density at radius 3 is 2.00 bits per heavy atom. The largest absolute Gasteiger partial charge is 0.354 e. The molecule has 0 atom stereocenters. The normalized spacial score (nSPS) is 27.2. The highest BCUT2D eigenvalue weighted by Crippen LogP contribution is 2.68. The maximum absolute atomic E-state index is 12.3. The lowest BCUT2D eigenvalue weighted by molar-refractivity contribution is -0.123. The number of nitrogens with one attached hydrogen (secondary N) is 1. The van der Waals surface area contributed by atoms with Crippen molar-refractivity contribution in [3.8, 4) is 0 Å². The lowest BCUT2D eigenvalue weighted by Crippen LogP contribution is -2.51. The van der Waals surface area contributed by atoms with Crippen LogP contribution in [0.25, 0.3) is 0 Å². The first-order valence-corrected chi connectivity index (χ1v) is 7.27. The molecule has 112 valence electrons. The zero-order valence-corrected chi connectivity index (χ0v) is 13.5. The number of halogens is 1. The van der Waals surface area contributed by atoms with Crippen molar-refractivity contribution in [1.29, 1.82) is 0 Å². The highest BCUT2D eigenvalue weighted by molar-refractivity contribution is 5.85. The maximum atomic E-state index is 12.3. The van der Waals surface area contributed by atoms with E-state index in [1.54, 1.807) is 0 Å². The molecule has 0 unspecified atom stereocenters. The molecule has 0 aliphatic heterocycles. The van der Waals surface area contributed by atoms with Crippen LogP contribution in [0.2, 0.25) is 0 Å². The van der Waals surface area contributed by atoms with E-state index >= 15 is 0 Å². The van der Waals surface area contributed by atoms with Gasteiger partial charge in [-0.15, -0.1) is 12.4 Å². The summed E-state index contributed by atoms with van der Waals surface area (Å²) in [5.41, 5.74) is 6.43. The van der Waals surface area contributed by atoms with E-state index in [0.29, 0.717) is 6.54 Å². The second kappa shape index (κ2) is 5.25. The van der Waals surface area contributed by atoms with E-state index in [-0.39, 0.29) is 40.6 Å². The molecule has 3 N–H and O–H groups in total. The van der Waals surface area contributed by atoms with Crippen molar-refractivity contribution >= 4 is 18.3 Å². The Labute approximate surface area is 123 Å². The molecule has 1 amide bonds. The predicted octanol–water partition coefficient (Wildman–Crippen LogP) is 2.87. The third-order valence-electron chi connectivity index (χ3n) is 5.75. The van der Waals surface area contributed by atoms with Gasteiger partial charge >= 0.3 is 0 Å². The Morgan fingerprint density at radius 1 is 1.11 bits per heavy atom. The van der Waals surface area contributed by atoms with Crippen LogP contribution in [0.4, 0.5) is 0 Å². The summed E-state index contributed by atoms with van der Waals surface area (Å²) in [5.74, 6) is 0.331. The number of carbonyl (C=O) groups excluding carboxylic acids is 1. The lowest BCUT2D eigenvalue weighted by atomic mass is 9.82. The molecule has 2 fully saturated rings. The molecule has 0 aromatic carbocycles. The molecule has 0 spiro atoms. The van der Waals surface area contributed by atoms with Gasteiger partial charge in [0.2, 0.25) is 5.91 Å². The van der Waals surface area contributed by atoms with E-state index in [2.05, 4.69) is 33.0 Å². The zero-order valence-electron chi connectivity index (χ0n) is 12.7. The summed E-state index contributed by atoms with van der Waals surface area (Å²) in [7, 11) is 0. The zero-order chi connectivity index (χ0) is 13.6. The number of nitrogens with two attached hydrogens (primary N) is 1. The second-order valence-corrected chi connectivity index (χ2v) is 7.52. The van der Waals surface area contributed by atoms with Crippen molar-refractivity contribution in [2.75, 3.05) is 6.54 Å². The van der Waals surface area contributed by atoms with Gasteiger partial charge < -0.3 is 11.1 Å². The number of hydrogen-bond acceptors (Lipinski definition) is 2. The van der Waals surface area contributed by atoms with E-state index in [9.17, 15) is 4.79 Å². The van der Waals surface area contributed by atoms with E-state index in [0.717, 1.165) is 12.8 Å². The first-order chi connectivity index (χ1) is 8.21. The third kappa shape index (κ3) is 2.92. The first-order valence-electron chi connectivity index (χ1n) is 7.27. The van der Waals surface area contributed by atoms with Gasteiger partial charge in [-0.05, 0) is 23.7 Å². The minimum Gasteiger partial charge on any atom is -0.354 e. The highest BCUT2D eigenvalue weighted by atomic mass is 35.5. The Bertz CT molecular complexity index is 332. The van der Waals surface area contributed by atoms with Crippen molar-refractivity contribution in [3.05, 3.63) is 0 Å².